The quantitative estimate of drug-likeness (QED) is 0.126. The average Bonchev–Trinajstić information content (AvgIpc) is 2.75. The second-order valence-corrected chi connectivity index (χ2v) is 8.74. The number of aliphatic carboxylic acids is 3. The van der Waals surface area contributed by atoms with E-state index in [0.29, 0.717) is 12.2 Å². The van der Waals surface area contributed by atoms with E-state index in [1.54, 1.807) is 20.1 Å². The summed E-state index contributed by atoms with van der Waals surface area (Å²) in [5.74, 6) is -6.37. The third-order valence-corrected chi connectivity index (χ3v) is 5.67. The van der Waals surface area contributed by atoms with Gasteiger partial charge in [0, 0.05) is 6.42 Å². The van der Waals surface area contributed by atoms with Crippen LogP contribution < -0.4 is 21.7 Å². The summed E-state index contributed by atoms with van der Waals surface area (Å²) in [6, 6.07) is -5.21. The van der Waals surface area contributed by atoms with Gasteiger partial charge in [-0.25, -0.2) is 4.79 Å². The van der Waals surface area contributed by atoms with Crippen molar-refractivity contribution in [2.75, 3.05) is 12.0 Å². The highest BCUT2D eigenvalue weighted by molar-refractivity contribution is 7.98. The number of nitrogens with one attached hydrogen (secondary N) is 3. The summed E-state index contributed by atoms with van der Waals surface area (Å²) in [7, 11) is 0. The lowest BCUT2D eigenvalue weighted by Crippen LogP contribution is -2.58. The molecule has 3 amide bonds. The van der Waals surface area contributed by atoms with Gasteiger partial charge in [-0.2, -0.15) is 11.8 Å². The molecule has 0 aromatic rings. The molecule has 0 radical (unpaired) electrons. The molecule has 0 rings (SSSR count). The van der Waals surface area contributed by atoms with Crippen molar-refractivity contribution < 1.29 is 44.1 Å². The fourth-order valence-electron chi connectivity index (χ4n) is 2.81. The first-order valence-corrected chi connectivity index (χ1v) is 12.0. The normalized spacial score (nSPS) is 15.2. The SMILES string of the molecule is CCC(C)C(NC(=O)C(N)CC(=O)O)C(=O)NC(CCC(=O)O)C(=O)NC(CCSC)C(=O)O. The van der Waals surface area contributed by atoms with E-state index in [4.69, 9.17) is 15.9 Å². The van der Waals surface area contributed by atoms with E-state index in [1.165, 1.54) is 11.8 Å². The van der Waals surface area contributed by atoms with Crippen LogP contribution in [0.4, 0.5) is 0 Å². The molecule has 0 aromatic heterocycles. The first-order valence-electron chi connectivity index (χ1n) is 10.7. The van der Waals surface area contributed by atoms with Crippen LogP contribution in [0.1, 0.15) is 46.0 Å². The molecule has 5 atom stereocenters. The Labute approximate surface area is 201 Å². The van der Waals surface area contributed by atoms with Crippen molar-refractivity contribution in [1.29, 1.82) is 0 Å². The summed E-state index contributed by atoms with van der Waals surface area (Å²) in [5, 5.41) is 34.2. The minimum atomic E-state index is -1.41. The van der Waals surface area contributed by atoms with Crippen LogP contribution in [0, 0.1) is 5.92 Å². The van der Waals surface area contributed by atoms with E-state index < -0.39 is 78.6 Å². The number of carboxylic acid groups (broad SMARTS) is 3. The van der Waals surface area contributed by atoms with Crippen LogP contribution in [0.5, 0.6) is 0 Å². The van der Waals surface area contributed by atoms with Crippen molar-refractivity contribution in [3.8, 4) is 0 Å². The van der Waals surface area contributed by atoms with E-state index in [9.17, 15) is 33.9 Å². The topological polar surface area (TPSA) is 225 Å². The highest BCUT2D eigenvalue weighted by Gasteiger charge is 2.32. The molecule has 0 bridgehead atoms. The maximum absolute atomic E-state index is 12.9. The zero-order valence-corrected chi connectivity index (χ0v) is 20.2. The molecule has 0 heterocycles. The van der Waals surface area contributed by atoms with Crippen LogP contribution in [0.25, 0.3) is 0 Å². The lowest BCUT2D eigenvalue weighted by Gasteiger charge is -2.27. The number of nitrogens with two attached hydrogens (primary N) is 1. The molecular formula is C20H34N4O9S. The fourth-order valence-corrected chi connectivity index (χ4v) is 3.28. The number of rotatable bonds is 17. The number of carboxylic acids is 3. The van der Waals surface area contributed by atoms with Gasteiger partial charge in [0.25, 0.3) is 0 Å². The Morgan fingerprint density at radius 2 is 1.44 bits per heavy atom. The number of carbonyl (C=O) groups is 6. The molecule has 0 aliphatic heterocycles. The fraction of sp³-hybridized carbons (Fsp3) is 0.700. The van der Waals surface area contributed by atoms with E-state index in [-0.39, 0.29) is 12.8 Å². The molecule has 34 heavy (non-hydrogen) atoms. The molecule has 194 valence electrons. The summed E-state index contributed by atoms with van der Waals surface area (Å²) in [6.07, 6.45) is 0.856. The zero-order valence-electron chi connectivity index (χ0n) is 19.4. The molecule has 8 N–H and O–H groups in total. The van der Waals surface area contributed by atoms with Gasteiger partial charge in [-0.1, -0.05) is 20.3 Å². The van der Waals surface area contributed by atoms with E-state index in [0.717, 1.165) is 0 Å². The van der Waals surface area contributed by atoms with Crippen LogP contribution >= 0.6 is 11.8 Å². The lowest BCUT2D eigenvalue weighted by atomic mass is 9.97. The highest BCUT2D eigenvalue weighted by atomic mass is 32.2. The van der Waals surface area contributed by atoms with Crippen LogP contribution in [0.3, 0.4) is 0 Å². The second kappa shape index (κ2) is 15.9. The van der Waals surface area contributed by atoms with Crippen molar-refractivity contribution in [2.24, 2.45) is 11.7 Å². The van der Waals surface area contributed by atoms with Gasteiger partial charge in [0.1, 0.15) is 18.1 Å². The highest BCUT2D eigenvalue weighted by Crippen LogP contribution is 2.11. The number of thioether (sulfide) groups is 1. The molecule has 13 nitrogen and oxygen atoms in total. The lowest BCUT2D eigenvalue weighted by molar-refractivity contribution is -0.143. The summed E-state index contributed by atoms with van der Waals surface area (Å²) >= 11 is 1.38. The number of hydrogen-bond donors (Lipinski definition) is 7. The Morgan fingerprint density at radius 1 is 0.853 bits per heavy atom. The Kier molecular flexibility index (Phi) is 14.5. The second-order valence-electron chi connectivity index (χ2n) is 7.75. The van der Waals surface area contributed by atoms with E-state index >= 15 is 0 Å². The molecule has 0 aromatic carbocycles. The van der Waals surface area contributed by atoms with E-state index in [2.05, 4.69) is 16.0 Å². The smallest absolute Gasteiger partial charge is 0.326 e. The van der Waals surface area contributed by atoms with Gasteiger partial charge in [-0.15, -0.1) is 0 Å². The van der Waals surface area contributed by atoms with Crippen molar-refractivity contribution in [1.82, 2.24) is 16.0 Å². The number of carbonyl (C=O) groups excluding carboxylic acids is 3. The monoisotopic (exact) mass is 506 g/mol. The first-order chi connectivity index (χ1) is 15.8. The summed E-state index contributed by atoms with van der Waals surface area (Å²) in [5.41, 5.74) is 5.55. The molecular weight excluding hydrogens is 472 g/mol. The maximum Gasteiger partial charge on any atom is 0.326 e. The van der Waals surface area contributed by atoms with Gasteiger partial charge in [0.2, 0.25) is 17.7 Å². The molecule has 0 fully saturated rings. The largest absolute Gasteiger partial charge is 0.481 e. The summed E-state index contributed by atoms with van der Waals surface area (Å²) in [6.45, 7) is 3.38. The van der Waals surface area contributed by atoms with Crippen molar-refractivity contribution >= 4 is 47.4 Å². The van der Waals surface area contributed by atoms with Crippen molar-refractivity contribution in [2.45, 2.75) is 70.1 Å². The number of hydrogen-bond acceptors (Lipinski definition) is 8. The number of amides is 3. The van der Waals surface area contributed by atoms with Gasteiger partial charge in [0.15, 0.2) is 0 Å². The molecule has 0 spiro atoms. The standard InChI is InChI=1S/C20H34N4O9S/c1-4-10(2)16(24-17(29)11(21)9-15(27)28)19(31)22-12(5-6-14(25)26)18(30)23-13(20(32)33)7-8-34-3/h10-13,16H,4-9,21H2,1-3H3,(H,22,31)(H,23,30)(H,24,29)(H,25,26)(H,27,28)(H,32,33). The maximum atomic E-state index is 12.9. The minimum absolute atomic E-state index is 0.120. The Bertz CT molecular complexity index is 750. The summed E-state index contributed by atoms with van der Waals surface area (Å²) < 4.78 is 0. The van der Waals surface area contributed by atoms with Crippen LogP contribution in [0.2, 0.25) is 0 Å². The predicted molar refractivity (Wildman–Crippen MR) is 123 cm³/mol. The molecule has 0 saturated carbocycles. The Morgan fingerprint density at radius 3 is 1.91 bits per heavy atom. The molecule has 14 heteroatoms. The van der Waals surface area contributed by atoms with Gasteiger partial charge in [-0.05, 0) is 30.8 Å². The zero-order chi connectivity index (χ0) is 26.4. The third kappa shape index (κ3) is 11.8. The van der Waals surface area contributed by atoms with Crippen molar-refractivity contribution in [3.63, 3.8) is 0 Å². The van der Waals surface area contributed by atoms with Crippen molar-refractivity contribution in [3.05, 3.63) is 0 Å². The minimum Gasteiger partial charge on any atom is -0.481 e. The Hall–Kier alpha value is -2.87. The Balaban J connectivity index is 5.60. The van der Waals surface area contributed by atoms with Gasteiger partial charge in [0.05, 0.1) is 12.5 Å². The first kappa shape index (κ1) is 31.1. The molecule has 0 saturated heterocycles. The van der Waals surface area contributed by atoms with E-state index in [1.807, 2.05) is 0 Å². The summed E-state index contributed by atoms with van der Waals surface area (Å²) in [4.78, 5) is 71.2. The molecule has 0 aliphatic rings. The van der Waals surface area contributed by atoms with Gasteiger partial charge >= 0.3 is 17.9 Å². The third-order valence-electron chi connectivity index (χ3n) is 5.03. The molecule has 0 aliphatic carbocycles. The van der Waals surface area contributed by atoms with Crippen LogP contribution in [0.15, 0.2) is 0 Å². The van der Waals surface area contributed by atoms with Gasteiger partial charge in [-0.3, -0.25) is 24.0 Å². The average molecular weight is 507 g/mol. The predicted octanol–water partition coefficient (Wildman–Crippen LogP) is -1.01. The van der Waals surface area contributed by atoms with Gasteiger partial charge < -0.3 is 37.0 Å². The van der Waals surface area contributed by atoms with Crippen LogP contribution in [-0.4, -0.2) is 87.1 Å². The molecule has 5 unspecified atom stereocenters. The van der Waals surface area contributed by atoms with Crippen LogP contribution in [-0.2, 0) is 28.8 Å².